The molecule has 1 aliphatic heterocycles. The number of nitrogens with zero attached hydrogens (tertiary/aromatic N) is 4. The van der Waals surface area contributed by atoms with E-state index >= 15 is 0 Å². The van der Waals surface area contributed by atoms with E-state index < -0.39 is 0 Å². The second-order valence-corrected chi connectivity index (χ2v) is 9.99. The zero-order valence-electron chi connectivity index (χ0n) is 21.2. The number of fused-ring (bicyclic) bond motifs is 1. The van der Waals surface area contributed by atoms with Gasteiger partial charge < -0.3 is 14.4 Å². The normalized spacial score (nSPS) is 13.5. The van der Waals surface area contributed by atoms with Crippen LogP contribution in [0.1, 0.15) is 35.2 Å². The molecule has 3 heterocycles. The maximum absolute atomic E-state index is 13.0. The molecule has 4 aromatic rings. The van der Waals surface area contributed by atoms with Crippen LogP contribution in [0.25, 0.3) is 17.1 Å². The highest BCUT2D eigenvalue weighted by Gasteiger charge is 2.21. The first-order valence-corrected chi connectivity index (χ1v) is 13.6. The fourth-order valence-electron chi connectivity index (χ4n) is 4.59. The molecule has 3 amide bonds. The highest BCUT2D eigenvalue weighted by atomic mass is 32.1. The van der Waals surface area contributed by atoms with Crippen molar-refractivity contribution in [3.63, 3.8) is 0 Å². The minimum absolute atomic E-state index is 0.119. The number of imidazole rings is 1. The summed E-state index contributed by atoms with van der Waals surface area (Å²) in [7, 11) is 1.73. The highest BCUT2D eigenvalue weighted by molar-refractivity contribution is 7.08. The van der Waals surface area contributed by atoms with Gasteiger partial charge >= 0.3 is 0 Å². The van der Waals surface area contributed by atoms with E-state index in [1.165, 1.54) is 6.08 Å². The molecule has 1 saturated heterocycles. The molecule has 0 bridgehead atoms. The number of aryl methyl sites for hydroxylation is 1. The molecule has 1 fully saturated rings. The largest absolute Gasteiger partial charge is 0.343 e. The second-order valence-electron chi connectivity index (χ2n) is 9.21. The molecule has 0 spiro atoms. The number of carbonyl (C=O) groups is 3. The second kappa shape index (κ2) is 11.4. The summed E-state index contributed by atoms with van der Waals surface area (Å²) in [5.74, 6) is 0.232. The molecule has 2 aromatic carbocycles. The van der Waals surface area contributed by atoms with E-state index in [4.69, 9.17) is 4.98 Å². The van der Waals surface area contributed by atoms with Crippen LogP contribution in [0.4, 0.5) is 11.6 Å². The number of nitrogens with one attached hydrogen (secondary N) is 1. The molecule has 38 heavy (non-hydrogen) atoms. The third kappa shape index (κ3) is 5.68. The molecule has 0 aliphatic carbocycles. The summed E-state index contributed by atoms with van der Waals surface area (Å²) in [5, 5.41) is 6.84. The van der Waals surface area contributed by atoms with Crippen molar-refractivity contribution >= 4 is 57.8 Å². The standard InChI is InChI=1S/C29H29N5O3S/c1-32(28(37)22-7-3-2-4-8-22)23-11-12-25-24(19-23)30-29(31-26(35)13-10-21-14-18-38-20-21)34(25)17-6-16-33-15-5-9-27(33)36/h2-4,7-8,10-14,18-20H,5-6,9,15-17H2,1H3,(H,30,31,35). The number of rotatable bonds is 9. The molecule has 1 aliphatic rings. The third-order valence-corrected chi connectivity index (χ3v) is 7.33. The highest BCUT2D eigenvalue weighted by Crippen LogP contribution is 2.26. The summed E-state index contributed by atoms with van der Waals surface area (Å²) < 4.78 is 1.97. The Morgan fingerprint density at radius 1 is 1.13 bits per heavy atom. The molecule has 0 saturated carbocycles. The summed E-state index contributed by atoms with van der Waals surface area (Å²) in [4.78, 5) is 45.9. The van der Waals surface area contributed by atoms with Crippen molar-refractivity contribution in [2.75, 3.05) is 30.4 Å². The maximum Gasteiger partial charge on any atom is 0.258 e. The molecule has 1 N–H and O–H groups in total. The Morgan fingerprint density at radius 2 is 1.97 bits per heavy atom. The Kier molecular flexibility index (Phi) is 7.65. The third-order valence-electron chi connectivity index (χ3n) is 6.63. The lowest BCUT2D eigenvalue weighted by molar-refractivity contribution is -0.127. The smallest absolute Gasteiger partial charge is 0.258 e. The number of hydrogen-bond acceptors (Lipinski definition) is 5. The van der Waals surface area contributed by atoms with E-state index in [2.05, 4.69) is 5.32 Å². The van der Waals surface area contributed by atoms with Gasteiger partial charge in [-0.25, -0.2) is 4.98 Å². The molecule has 2 aromatic heterocycles. The van der Waals surface area contributed by atoms with Gasteiger partial charge in [-0.3, -0.25) is 19.7 Å². The Labute approximate surface area is 225 Å². The molecule has 194 valence electrons. The van der Waals surface area contributed by atoms with E-state index in [1.807, 2.05) is 62.7 Å². The van der Waals surface area contributed by atoms with Crippen LogP contribution in [-0.4, -0.2) is 52.3 Å². The SMILES string of the molecule is CN(C(=O)c1ccccc1)c1ccc2c(c1)nc(NC(=O)C=Cc1ccsc1)n2CCCN1CCCC1=O. The van der Waals surface area contributed by atoms with Crippen LogP contribution in [0.2, 0.25) is 0 Å². The predicted octanol–water partition coefficient (Wildman–Crippen LogP) is 5.04. The number of thiophene rings is 1. The minimum atomic E-state index is -0.279. The van der Waals surface area contributed by atoms with Gasteiger partial charge in [0.1, 0.15) is 0 Å². The van der Waals surface area contributed by atoms with Gasteiger partial charge in [-0.05, 0) is 71.6 Å². The monoisotopic (exact) mass is 527 g/mol. The predicted molar refractivity (Wildman–Crippen MR) is 151 cm³/mol. The Morgan fingerprint density at radius 3 is 2.71 bits per heavy atom. The van der Waals surface area contributed by atoms with Gasteiger partial charge in [0, 0.05) is 50.4 Å². The van der Waals surface area contributed by atoms with E-state index in [1.54, 1.807) is 41.5 Å². The van der Waals surface area contributed by atoms with Crippen LogP contribution in [0.5, 0.6) is 0 Å². The van der Waals surface area contributed by atoms with E-state index in [0.29, 0.717) is 42.2 Å². The van der Waals surface area contributed by atoms with Crippen LogP contribution < -0.4 is 10.2 Å². The Bertz CT molecular complexity index is 1480. The van der Waals surface area contributed by atoms with Gasteiger partial charge in [0.15, 0.2) is 0 Å². The molecule has 0 radical (unpaired) electrons. The molecule has 0 unspecified atom stereocenters. The molecular formula is C29H29N5O3S. The van der Waals surface area contributed by atoms with E-state index in [9.17, 15) is 14.4 Å². The number of anilines is 2. The molecular weight excluding hydrogens is 498 g/mol. The van der Waals surface area contributed by atoms with Gasteiger partial charge in [-0.2, -0.15) is 11.3 Å². The lowest BCUT2D eigenvalue weighted by Crippen LogP contribution is -2.26. The number of amides is 3. The zero-order valence-corrected chi connectivity index (χ0v) is 22.0. The number of benzene rings is 2. The fraction of sp³-hybridized carbons (Fsp3) is 0.241. The van der Waals surface area contributed by atoms with Crippen LogP contribution in [0.3, 0.4) is 0 Å². The Hall–Kier alpha value is -4.24. The van der Waals surface area contributed by atoms with Crippen molar-refractivity contribution < 1.29 is 14.4 Å². The van der Waals surface area contributed by atoms with Crippen LogP contribution in [0, 0.1) is 0 Å². The average Bonchev–Trinajstić information content (AvgIpc) is 3.68. The van der Waals surface area contributed by atoms with Gasteiger partial charge in [0.2, 0.25) is 11.9 Å². The van der Waals surface area contributed by atoms with Crippen molar-refractivity contribution in [1.29, 1.82) is 0 Å². The number of likely N-dealkylation sites (tertiary alicyclic amines) is 1. The first-order valence-electron chi connectivity index (χ1n) is 12.6. The summed E-state index contributed by atoms with van der Waals surface area (Å²) in [6.07, 6.45) is 5.51. The molecule has 8 nitrogen and oxygen atoms in total. The van der Waals surface area contributed by atoms with Crippen molar-refractivity contribution in [3.8, 4) is 0 Å². The molecule has 0 atom stereocenters. The summed E-state index contributed by atoms with van der Waals surface area (Å²) >= 11 is 1.57. The van der Waals surface area contributed by atoms with Gasteiger partial charge in [0.05, 0.1) is 11.0 Å². The van der Waals surface area contributed by atoms with Crippen molar-refractivity contribution in [1.82, 2.24) is 14.5 Å². The molecule has 5 rings (SSSR count). The van der Waals surface area contributed by atoms with E-state index in [0.717, 1.165) is 30.5 Å². The van der Waals surface area contributed by atoms with Crippen molar-refractivity contribution in [3.05, 3.63) is 82.6 Å². The van der Waals surface area contributed by atoms with Crippen LogP contribution in [-0.2, 0) is 16.1 Å². The zero-order chi connectivity index (χ0) is 26.5. The van der Waals surface area contributed by atoms with Gasteiger partial charge in [0.25, 0.3) is 11.8 Å². The summed E-state index contributed by atoms with van der Waals surface area (Å²) in [5.41, 5.74) is 3.78. The Balaban J connectivity index is 1.39. The first kappa shape index (κ1) is 25.4. The van der Waals surface area contributed by atoms with Gasteiger partial charge in [-0.15, -0.1) is 0 Å². The number of aromatic nitrogens is 2. The lowest BCUT2D eigenvalue weighted by Gasteiger charge is -2.18. The minimum Gasteiger partial charge on any atom is -0.343 e. The van der Waals surface area contributed by atoms with Crippen LogP contribution >= 0.6 is 11.3 Å². The summed E-state index contributed by atoms with van der Waals surface area (Å²) in [6, 6.07) is 16.7. The van der Waals surface area contributed by atoms with Crippen molar-refractivity contribution in [2.24, 2.45) is 0 Å². The molecule has 9 heteroatoms. The quantitative estimate of drug-likeness (QED) is 0.309. The first-order chi connectivity index (χ1) is 18.5. The lowest BCUT2D eigenvalue weighted by atomic mass is 10.2. The van der Waals surface area contributed by atoms with Crippen LogP contribution in [0.15, 0.2) is 71.4 Å². The number of carbonyl (C=O) groups excluding carboxylic acids is 3. The fourth-order valence-corrected chi connectivity index (χ4v) is 5.22. The maximum atomic E-state index is 13.0. The average molecular weight is 528 g/mol. The number of hydrogen-bond donors (Lipinski definition) is 1. The van der Waals surface area contributed by atoms with Crippen molar-refractivity contribution in [2.45, 2.75) is 25.8 Å². The topological polar surface area (TPSA) is 87.5 Å². The van der Waals surface area contributed by atoms with Gasteiger partial charge in [-0.1, -0.05) is 18.2 Å². The van der Waals surface area contributed by atoms with E-state index in [-0.39, 0.29) is 17.7 Å². The summed E-state index contributed by atoms with van der Waals surface area (Å²) in [6.45, 7) is 2.05.